The number of hydrogen-bond acceptors (Lipinski definition) is 7. The van der Waals surface area contributed by atoms with Crippen LogP contribution in [0.2, 0.25) is 5.02 Å². The van der Waals surface area contributed by atoms with Crippen molar-refractivity contribution in [3.8, 4) is 0 Å². The molecule has 0 spiro atoms. The zero-order valence-electron chi connectivity index (χ0n) is 17.3. The Hall–Kier alpha value is -2.64. The second kappa shape index (κ2) is 11.5. The van der Waals surface area contributed by atoms with E-state index in [0.29, 0.717) is 11.0 Å². The summed E-state index contributed by atoms with van der Waals surface area (Å²) in [6.45, 7) is 4.64. The Morgan fingerprint density at radius 3 is 2.60 bits per heavy atom. The van der Waals surface area contributed by atoms with E-state index < -0.39 is 0 Å². The molecule has 3 rings (SSSR count). The minimum atomic E-state index is 0.246. The number of unbranched alkanes of at least 4 members (excludes halogenated alkanes) is 2. The molecule has 3 aromatic rings. The molecule has 0 aliphatic rings. The second-order valence-corrected chi connectivity index (χ2v) is 7.59. The summed E-state index contributed by atoms with van der Waals surface area (Å²) < 4.78 is 0. The average Bonchev–Trinajstić information content (AvgIpc) is 2.73. The second-order valence-electron chi connectivity index (χ2n) is 7.16. The van der Waals surface area contributed by atoms with Crippen LogP contribution in [0.25, 0.3) is 10.9 Å². The SMILES string of the molecule is Cc1cc(NCCCNc2ccnc3cc(Cl)ccc23)nc(NCCCCCO)n1. The molecule has 2 heterocycles. The summed E-state index contributed by atoms with van der Waals surface area (Å²) in [7, 11) is 0. The fourth-order valence-electron chi connectivity index (χ4n) is 3.16. The Bertz CT molecular complexity index is 952. The number of pyridine rings is 1. The molecule has 0 unspecified atom stereocenters. The molecule has 1 aromatic carbocycles. The van der Waals surface area contributed by atoms with Crippen molar-refractivity contribution < 1.29 is 5.11 Å². The number of hydrogen-bond donors (Lipinski definition) is 4. The van der Waals surface area contributed by atoms with E-state index >= 15 is 0 Å². The first-order valence-electron chi connectivity index (χ1n) is 10.4. The fraction of sp³-hybridized carbons (Fsp3) is 0.409. The predicted octanol–water partition coefficient (Wildman–Crippen LogP) is 4.48. The molecule has 2 aromatic heterocycles. The zero-order chi connectivity index (χ0) is 21.2. The zero-order valence-corrected chi connectivity index (χ0v) is 18.0. The third-order valence-corrected chi connectivity index (χ3v) is 4.89. The van der Waals surface area contributed by atoms with Crippen LogP contribution in [-0.2, 0) is 0 Å². The van der Waals surface area contributed by atoms with Crippen molar-refractivity contribution in [2.45, 2.75) is 32.6 Å². The van der Waals surface area contributed by atoms with Gasteiger partial charge in [0.15, 0.2) is 0 Å². The lowest BCUT2D eigenvalue weighted by atomic mass is 10.2. The first-order chi connectivity index (χ1) is 14.7. The van der Waals surface area contributed by atoms with Crippen LogP contribution >= 0.6 is 11.6 Å². The van der Waals surface area contributed by atoms with Crippen LogP contribution in [0.15, 0.2) is 36.5 Å². The Labute approximate surface area is 182 Å². The van der Waals surface area contributed by atoms with Gasteiger partial charge in [-0.25, -0.2) is 4.98 Å². The molecular formula is C22H29ClN6O. The molecule has 0 atom stereocenters. The van der Waals surface area contributed by atoms with E-state index in [-0.39, 0.29) is 6.61 Å². The summed E-state index contributed by atoms with van der Waals surface area (Å²) in [6, 6.07) is 9.68. The highest BCUT2D eigenvalue weighted by Gasteiger charge is 2.04. The lowest BCUT2D eigenvalue weighted by Crippen LogP contribution is -2.12. The monoisotopic (exact) mass is 428 g/mol. The third-order valence-electron chi connectivity index (χ3n) is 4.65. The number of aliphatic hydroxyl groups excluding tert-OH is 1. The minimum Gasteiger partial charge on any atom is -0.396 e. The quantitative estimate of drug-likeness (QED) is 0.316. The van der Waals surface area contributed by atoms with Crippen LogP contribution in [0.5, 0.6) is 0 Å². The number of aromatic nitrogens is 3. The van der Waals surface area contributed by atoms with E-state index in [0.717, 1.165) is 73.4 Å². The van der Waals surface area contributed by atoms with Gasteiger partial charge in [0, 0.05) is 60.3 Å². The fourth-order valence-corrected chi connectivity index (χ4v) is 3.32. The summed E-state index contributed by atoms with van der Waals surface area (Å²) in [5, 5.41) is 20.7. The Balaban J connectivity index is 1.44. The van der Waals surface area contributed by atoms with E-state index in [1.165, 1.54) is 0 Å². The molecule has 8 heteroatoms. The molecule has 0 aliphatic heterocycles. The molecule has 30 heavy (non-hydrogen) atoms. The topological polar surface area (TPSA) is 95.0 Å². The molecule has 7 nitrogen and oxygen atoms in total. The van der Waals surface area contributed by atoms with E-state index in [2.05, 4.69) is 30.9 Å². The van der Waals surface area contributed by atoms with Gasteiger partial charge in [-0.1, -0.05) is 11.6 Å². The van der Waals surface area contributed by atoms with Gasteiger partial charge >= 0.3 is 0 Å². The molecule has 0 saturated heterocycles. The van der Waals surface area contributed by atoms with Crippen molar-refractivity contribution in [1.82, 2.24) is 15.0 Å². The standard InChI is InChI=1S/C22H29ClN6O/c1-16-14-21(29-22(28-16)27-9-3-2-4-13-30)26-11-5-10-24-19-8-12-25-20-15-17(23)6-7-18(19)20/h6-8,12,14-15,30H,2-5,9-11,13H2,1H3,(H,24,25)(H2,26,27,28,29). The Kier molecular flexibility index (Phi) is 8.47. The van der Waals surface area contributed by atoms with Crippen LogP contribution in [0.3, 0.4) is 0 Å². The molecule has 0 aliphatic carbocycles. The summed E-state index contributed by atoms with van der Waals surface area (Å²) in [5.41, 5.74) is 2.87. The number of anilines is 3. The molecule has 0 saturated carbocycles. The maximum absolute atomic E-state index is 8.83. The lowest BCUT2D eigenvalue weighted by Gasteiger charge is -2.11. The summed E-state index contributed by atoms with van der Waals surface area (Å²) >= 11 is 6.05. The van der Waals surface area contributed by atoms with Crippen molar-refractivity contribution in [2.24, 2.45) is 0 Å². The smallest absolute Gasteiger partial charge is 0.224 e. The lowest BCUT2D eigenvalue weighted by molar-refractivity contribution is 0.283. The van der Waals surface area contributed by atoms with Crippen LogP contribution in [-0.4, -0.2) is 46.3 Å². The largest absolute Gasteiger partial charge is 0.396 e. The summed E-state index contributed by atoms with van der Waals surface area (Å²) in [4.78, 5) is 13.3. The normalized spacial score (nSPS) is 10.9. The van der Waals surface area contributed by atoms with Crippen molar-refractivity contribution in [3.63, 3.8) is 0 Å². The molecule has 0 fully saturated rings. The van der Waals surface area contributed by atoms with E-state index in [4.69, 9.17) is 16.7 Å². The van der Waals surface area contributed by atoms with Gasteiger partial charge < -0.3 is 21.1 Å². The van der Waals surface area contributed by atoms with Gasteiger partial charge in [0.05, 0.1) is 5.52 Å². The van der Waals surface area contributed by atoms with Gasteiger partial charge in [0.1, 0.15) is 5.82 Å². The average molecular weight is 429 g/mol. The Morgan fingerprint density at radius 1 is 0.900 bits per heavy atom. The maximum atomic E-state index is 8.83. The van der Waals surface area contributed by atoms with Gasteiger partial charge in [-0.05, 0) is 56.9 Å². The van der Waals surface area contributed by atoms with Gasteiger partial charge in [0.25, 0.3) is 0 Å². The van der Waals surface area contributed by atoms with Gasteiger partial charge in [-0.3, -0.25) is 4.98 Å². The third kappa shape index (κ3) is 6.71. The molecule has 160 valence electrons. The molecular weight excluding hydrogens is 400 g/mol. The van der Waals surface area contributed by atoms with E-state index in [9.17, 15) is 0 Å². The van der Waals surface area contributed by atoms with Crippen LogP contribution in [0, 0.1) is 6.92 Å². The molecule has 0 amide bonds. The molecule has 0 radical (unpaired) electrons. The van der Waals surface area contributed by atoms with Gasteiger partial charge in [-0.15, -0.1) is 0 Å². The molecule has 4 N–H and O–H groups in total. The Morgan fingerprint density at radius 2 is 1.73 bits per heavy atom. The van der Waals surface area contributed by atoms with Crippen LogP contribution in [0.4, 0.5) is 17.5 Å². The molecule has 0 bridgehead atoms. The number of benzene rings is 1. The number of aliphatic hydroxyl groups is 1. The van der Waals surface area contributed by atoms with Crippen LogP contribution in [0.1, 0.15) is 31.4 Å². The number of aryl methyl sites for hydroxylation is 1. The predicted molar refractivity (Wildman–Crippen MR) is 125 cm³/mol. The first-order valence-corrected chi connectivity index (χ1v) is 10.8. The van der Waals surface area contributed by atoms with Crippen molar-refractivity contribution >= 4 is 40.0 Å². The maximum Gasteiger partial charge on any atom is 0.224 e. The van der Waals surface area contributed by atoms with E-state index in [1.807, 2.05) is 37.3 Å². The minimum absolute atomic E-state index is 0.246. The first kappa shape index (κ1) is 22.1. The summed E-state index contributed by atoms with van der Waals surface area (Å²) in [6.07, 6.45) is 5.54. The summed E-state index contributed by atoms with van der Waals surface area (Å²) in [5.74, 6) is 1.46. The van der Waals surface area contributed by atoms with E-state index in [1.54, 1.807) is 6.20 Å². The number of nitrogens with zero attached hydrogens (tertiary/aromatic N) is 3. The van der Waals surface area contributed by atoms with Crippen molar-refractivity contribution in [3.05, 3.63) is 47.2 Å². The van der Waals surface area contributed by atoms with Crippen LogP contribution < -0.4 is 16.0 Å². The van der Waals surface area contributed by atoms with Gasteiger partial charge in [0.2, 0.25) is 5.95 Å². The highest BCUT2D eigenvalue weighted by atomic mass is 35.5. The number of fused-ring (bicyclic) bond motifs is 1. The number of rotatable bonds is 12. The van der Waals surface area contributed by atoms with Crippen molar-refractivity contribution in [2.75, 3.05) is 42.2 Å². The number of nitrogens with one attached hydrogen (secondary N) is 3. The van der Waals surface area contributed by atoms with Crippen molar-refractivity contribution in [1.29, 1.82) is 0 Å². The van der Waals surface area contributed by atoms with Gasteiger partial charge in [-0.2, -0.15) is 4.98 Å². The highest BCUT2D eigenvalue weighted by Crippen LogP contribution is 2.24. The number of halogens is 1. The highest BCUT2D eigenvalue weighted by molar-refractivity contribution is 6.31.